The number of thiophene rings is 1. The fourth-order valence-corrected chi connectivity index (χ4v) is 6.52. The molecule has 1 fully saturated rings. The summed E-state index contributed by atoms with van der Waals surface area (Å²) in [7, 11) is 3.04. The van der Waals surface area contributed by atoms with Crippen molar-refractivity contribution in [3.8, 4) is 23.4 Å². The van der Waals surface area contributed by atoms with Crippen LogP contribution >= 0.6 is 35.3 Å². The van der Waals surface area contributed by atoms with Crippen molar-refractivity contribution in [2.75, 3.05) is 20.8 Å². The Bertz CT molecular complexity index is 1640. The highest BCUT2D eigenvalue weighted by Crippen LogP contribution is 2.34. The van der Waals surface area contributed by atoms with Gasteiger partial charge in [0.05, 0.1) is 24.7 Å². The molecule has 0 unspecified atom stereocenters. The highest BCUT2D eigenvalue weighted by molar-refractivity contribution is 8.26. The summed E-state index contributed by atoms with van der Waals surface area (Å²) in [4.78, 5) is 42.1. The van der Waals surface area contributed by atoms with Crippen LogP contribution in [0.5, 0.6) is 17.4 Å². The van der Waals surface area contributed by atoms with Gasteiger partial charge in [-0.3, -0.25) is 23.9 Å². The first-order chi connectivity index (χ1) is 19.7. The lowest BCUT2D eigenvalue weighted by Crippen LogP contribution is -2.30. The molecule has 212 valence electrons. The molecule has 41 heavy (non-hydrogen) atoms. The monoisotopic (exact) mass is 609 g/mol. The number of pyridine rings is 1. The van der Waals surface area contributed by atoms with Crippen LogP contribution in [0.1, 0.15) is 44.8 Å². The van der Waals surface area contributed by atoms with Crippen molar-refractivity contribution >= 4 is 57.4 Å². The number of thioether (sulfide) groups is 1. The number of carbonyl (C=O) groups is 2. The molecule has 0 bridgehead atoms. The number of carbonyl (C=O) groups excluding carboxylic acids is 2. The minimum Gasteiger partial charge on any atom is -0.494 e. The summed E-state index contributed by atoms with van der Waals surface area (Å²) in [6.45, 7) is 1.73. The molecule has 0 atom stereocenters. The summed E-state index contributed by atoms with van der Waals surface area (Å²) < 4.78 is 12.0. The standard InChI is InChI=1S/C29H27N3O6S3/c1-17-20(16-30)26(34)31(12-10-18-8-9-22(37-2)23(14-18)38-3)28(36)25(17)21(33)7-4-11-32-27(35)24(41-29(32)39)15-19-6-5-13-40-19/h5-6,8-9,13-15,36H,4,7,10-12H2,1-3H3/b24-15-. The molecule has 1 N–H and O–H groups in total. The van der Waals surface area contributed by atoms with E-state index in [1.54, 1.807) is 24.3 Å². The molecule has 0 aliphatic carbocycles. The predicted molar refractivity (Wildman–Crippen MR) is 163 cm³/mol. The van der Waals surface area contributed by atoms with E-state index in [-0.39, 0.29) is 48.5 Å². The lowest BCUT2D eigenvalue weighted by atomic mass is 9.99. The van der Waals surface area contributed by atoms with E-state index in [9.17, 15) is 24.8 Å². The van der Waals surface area contributed by atoms with Crippen LogP contribution in [0.15, 0.2) is 45.4 Å². The van der Waals surface area contributed by atoms with E-state index in [1.165, 1.54) is 49.1 Å². The Balaban J connectivity index is 1.49. The van der Waals surface area contributed by atoms with E-state index in [1.807, 2.05) is 23.6 Å². The lowest BCUT2D eigenvalue weighted by molar-refractivity contribution is -0.122. The van der Waals surface area contributed by atoms with Gasteiger partial charge in [0.1, 0.15) is 16.0 Å². The SMILES string of the molecule is COc1ccc(CCn2c(O)c(C(=O)CCCN3C(=O)/C(=C/c4cccs4)SC3=S)c(C)c(C#N)c2=O)cc1OC. The number of aromatic hydroxyl groups is 1. The molecule has 0 spiro atoms. The number of thiocarbonyl (C=S) groups is 1. The Morgan fingerprint density at radius 2 is 1.93 bits per heavy atom. The minimum atomic E-state index is -0.672. The van der Waals surface area contributed by atoms with Gasteiger partial charge in [-0.2, -0.15) is 5.26 Å². The third-order valence-electron chi connectivity index (χ3n) is 6.63. The van der Waals surface area contributed by atoms with Gasteiger partial charge in [0, 0.05) is 24.4 Å². The van der Waals surface area contributed by atoms with Crippen LogP contribution in [0.25, 0.3) is 6.08 Å². The molecule has 2 aromatic heterocycles. The van der Waals surface area contributed by atoms with Crippen molar-refractivity contribution in [1.82, 2.24) is 9.47 Å². The van der Waals surface area contributed by atoms with E-state index in [2.05, 4.69) is 0 Å². The highest BCUT2D eigenvalue weighted by Gasteiger charge is 2.32. The van der Waals surface area contributed by atoms with Crippen molar-refractivity contribution < 1.29 is 24.2 Å². The molecule has 1 aliphatic rings. The molecule has 1 aromatic carbocycles. The Morgan fingerprint density at radius 1 is 1.17 bits per heavy atom. The molecule has 3 heterocycles. The number of hydrogen-bond donors (Lipinski definition) is 1. The quantitative estimate of drug-likeness (QED) is 0.183. The van der Waals surface area contributed by atoms with Gasteiger partial charge in [-0.15, -0.1) is 11.3 Å². The summed E-state index contributed by atoms with van der Waals surface area (Å²) in [5.74, 6) is -0.0636. The topological polar surface area (TPSA) is 122 Å². The number of aromatic nitrogens is 1. The second kappa shape index (κ2) is 13.2. The minimum absolute atomic E-state index is 0.0197. The number of aryl methyl sites for hydroxylation is 1. The summed E-state index contributed by atoms with van der Waals surface area (Å²) in [6.07, 6.45) is 2.38. The Morgan fingerprint density at radius 3 is 2.59 bits per heavy atom. The van der Waals surface area contributed by atoms with Crippen LogP contribution in [0.3, 0.4) is 0 Å². The number of nitriles is 1. The normalized spacial score (nSPS) is 14.0. The number of hydrogen-bond acceptors (Lipinski definition) is 10. The molecule has 1 saturated heterocycles. The Labute approximate surface area is 250 Å². The second-order valence-electron chi connectivity index (χ2n) is 9.08. The van der Waals surface area contributed by atoms with Crippen LogP contribution < -0.4 is 15.0 Å². The van der Waals surface area contributed by atoms with Gasteiger partial charge < -0.3 is 14.6 Å². The Hall–Kier alpha value is -3.92. The molecule has 4 rings (SSSR count). The maximum atomic E-state index is 13.3. The van der Waals surface area contributed by atoms with Crippen LogP contribution in [-0.2, 0) is 17.8 Å². The van der Waals surface area contributed by atoms with Gasteiger partial charge in [-0.25, -0.2) is 0 Å². The van der Waals surface area contributed by atoms with E-state index in [0.717, 1.165) is 15.0 Å². The largest absolute Gasteiger partial charge is 0.494 e. The first-order valence-corrected chi connectivity index (χ1v) is 14.7. The van der Waals surface area contributed by atoms with Crippen molar-refractivity contribution in [2.45, 2.75) is 32.7 Å². The van der Waals surface area contributed by atoms with E-state index in [0.29, 0.717) is 27.1 Å². The zero-order valence-electron chi connectivity index (χ0n) is 22.6. The zero-order valence-corrected chi connectivity index (χ0v) is 25.1. The molecule has 0 saturated carbocycles. The average molecular weight is 610 g/mol. The summed E-state index contributed by atoms with van der Waals surface area (Å²) >= 11 is 8.12. The molecular weight excluding hydrogens is 583 g/mol. The summed E-state index contributed by atoms with van der Waals surface area (Å²) in [5, 5.41) is 22.6. The molecule has 1 amide bonds. The van der Waals surface area contributed by atoms with Crippen LogP contribution in [0.2, 0.25) is 0 Å². The molecule has 1 aliphatic heterocycles. The second-order valence-corrected chi connectivity index (χ2v) is 11.7. The average Bonchev–Trinajstić information content (AvgIpc) is 3.56. The van der Waals surface area contributed by atoms with Gasteiger partial charge in [0.2, 0.25) is 5.88 Å². The van der Waals surface area contributed by atoms with Gasteiger partial charge in [0.25, 0.3) is 11.5 Å². The molecule has 3 aromatic rings. The Kier molecular flexibility index (Phi) is 9.65. The maximum absolute atomic E-state index is 13.3. The number of Topliss-reactive ketones (excluding diaryl/α,β-unsaturated/α-hetero) is 1. The van der Waals surface area contributed by atoms with Gasteiger partial charge >= 0.3 is 0 Å². The number of benzene rings is 1. The number of methoxy groups -OCH3 is 2. The third kappa shape index (κ3) is 6.37. The van der Waals surface area contributed by atoms with E-state index < -0.39 is 17.2 Å². The predicted octanol–water partition coefficient (Wildman–Crippen LogP) is 4.92. The van der Waals surface area contributed by atoms with Gasteiger partial charge in [-0.1, -0.05) is 36.1 Å². The van der Waals surface area contributed by atoms with Crippen LogP contribution in [0, 0.1) is 18.3 Å². The fraction of sp³-hybridized carbons (Fsp3) is 0.276. The molecule has 9 nitrogen and oxygen atoms in total. The molecule has 0 radical (unpaired) electrons. The maximum Gasteiger partial charge on any atom is 0.271 e. The smallest absolute Gasteiger partial charge is 0.271 e. The molecular formula is C29H27N3O6S3. The number of ketones is 1. The highest BCUT2D eigenvalue weighted by atomic mass is 32.2. The van der Waals surface area contributed by atoms with E-state index in [4.69, 9.17) is 21.7 Å². The number of nitrogens with zero attached hydrogens (tertiary/aromatic N) is 3. The first kappa shape index (κ1) is 30.0. The van der Waals surface area contributed by atoms with Crippen LogP contribution in [0.4, 0.5) is 0 Å². The zero-order chi connectivity index (χ0) is 29.7. The van der Waals surface area contributed by atoms with E-state index >= 15 is 0 Å². The van der Waals surface area contributed by atoms with Crippen LogP contribution in [-0.4, -0.2) is 51.3 Å². The van der Waals surface area contributed by atoms with Crippen molar-refractivity contribution in [3.63, 3.8) is 0 Å². The van der Waals surface area contributed by atoms with Crippen molar-refractivity contribution in [2.24, 2.45) is 0 Å². The number of amides is 1. The number of ether oxygens (including phenoxy) is 2. The molecule has 12 heteroatoms. The van der Waals surface area contributed by atoms with Crippen molar-refractivity contribution in [3.05, 3.63) is 78.1 Å². The van der Waals surface area contributed by atoms with Crippen molar-refractivity contribution in [1.29, 1.82) is 5.26 Å². The first-order valence-electron chi connectivity index (χ1n) is 12.6. The summed E-state index contributed by atoms with van der Waals surface area (Å²) in [6, 6.07) is 11.0. The fourth-order valence-electron chi connectivity index (χ4n) is 4.49. The van der Waals surface area contributed by atoms with Gasteiger partial charge in [-0.05, 0) is 60.5 Å². The van der Waals surface area contributed by atoms with Gasteiger partial charge in [0.15, 0.2) is 17.3 Å². The third-order valence-corrected chi connectivity index (χ3v) is 8.82. The number of rotatable bonds is 11. The summed E-state index contributed by atoms with van der Waals surface area (Å²) in [5.41, 5.74) is -0.00966. The lowest BCUT2D eigenvalue weighted by Gasteiger charge is -2.17.